The molecule has 1 fully saturated rings. The number of carboxylic acid groups (broad SMARTS) is 1. The minimum atomic E-state index is -0.801. The first kappa shape index (κ1) is 13.4. The van der Waals surface area contributed by atoms with E-state index in [0.29, 0.717) is 0 Å². The van der Waals surface area contributed by atoms with E-state index in [-0.39, 0.29) is 12.6 Å². The van der Waals surface area contributed by atoms with E-state index in [1.54, 1.807) is 0 Å². The number of carbonyl (C=O) groups is 1. The van der Waals surface area contributed by atoms with Gasteiger partial charge in [0.2, 0.25) is 0 Å². The monoisotopic (exact) mass is 312 g/mol. The van der Waals surface area contributed by atoms with Crippen molar-refractivity contribution in [2.24, 2.45) is 0 Å². The number of aliphatic carboxylic acids is 1. The summed E-state index contributed by atoms with van der Waals surface area (Å²) in [5, 5.41) is 11.7. The molecule has 0 bridgehead atoms. The number of carboxylic acids is 1. The first-order valence-corrected chi connectivity index (χ1v) is 6.82. The van der Waals surface area contributed by atoms with Crippen LogP contribution < -0.4 is 10.2 Å². The van der Waals surface area contributed by atoms with Crippen molar-refractivity contribution in [2.75, 3.05) is 24.5 Å². The Bertz CT molecular complexity index is 451. The Labute approximate surface area is 115 Å². The van der Waals surface area contributed by atoms with Crippen molar-refractivity contribution in [3.63, 3.8) is 0 Å². The summed E-state index contributed by atoms with van der Waals surface area (Å²) in [6, 6.07) is 6.57. The molecule has 1 atom stereocenters. The molecule has 0 amide bonds. The number of anilines is 1. The Morgan fingerprint density at radius 2 is 2.39 bits per heavy atom. The van der Waals surface area contributed by atoms with E-state index in [2.05, 4.69) is 51.3 Å². The van der Waals surface area contributed by atoms with Crippen LogP contribution >= 0.6 is 15.9 Å². The van der Waals surface area contributed by atoms with Crippen molar-refractivity contribution in [1.82, 2.24) is 5.32 Å². The van der Waals surface area contributed by atoms with Gasteiger partial charge in [-0.3, -0.25) is 4.79 Å². The molecule has 1 unspecified atom stereocenters. The van der Waals surface area contributed by atoms with Crippen molar-refractivity contribution in [1.29, 1.82) is 0 Å². The van der Waals surface area contributed by atoms with Crippen LogP contribution in [0.25, 0.3) is 0 Å². The molecule has 5 heteroatoms. The highest BCUT2D eigenvalue weighted by atomic mass is 79.9. The number of hydrogen-bond donors (Lipinski definition) is 2. The van der Waals surface area contributed by atoms with Crippen molar-refractivity contribution in [2.45, 2.75) is 19.4 Å². The van der Waals surface area contributed by atoms with E-state index >= 15 is 0 Å². The number of nitrogens with one attached hydrogen (secondary N) is 1. The minimum absolute atomic E-state index is 0.0353. The Kier molecular flexibility index (Phi) is 4.24. The van der Waals surface area contributed by atoms with Gasteiger partial charge in [0.05, 0.1) is 12.2 Å². The topological polar surface area (TPSA) is 52.6 Å². The molecule has 0 aliphatic carbocycles. The second-order valence-corrected chi connectivity index (χ2v) is 5.52. The normalized spacial score (nSPS) is 19.2. The zero-order chi connectivity index (χ0) is 13.1. The fourth-order valence-corrected chi connectivity index (χ4v) is 2.99. The molecule has 1 heterocycles. The third kappa shape index (κ3) is 3.23. The predicted molar refractivity (Wildman–Crippen MR) is 75.1 cm³/mol. The number of nitrogens with zero attached hydrogens (tertiary/aromatic N) is 1. The lowest BCUT2D eigenvalue weighted by Crippen LogP contribution is -2.36. The molecule has 1 aromatic carbocycles. The van der Waals surface area contributed by atoms with Crippen LogP contribution in [0, 0.1) is 6.92 Å². The van der Waals surface area contributed by atoms with Gasteiger partial charge >= 0.3 is 5.97 Å². The maximum absolute atomic E-state index is 10.5. The molecular formula is C13H17BrN2O2. The van der Waals surface area contributed by atoms with Gasteiger partial charge in [0.15, 0.2) is 0 Å². The molecule has 1 aliphatic heterocycles. The zero-order valence-corrected chi connectivity index (χ0v) is 11.9. The Morgan fingerprint density at radius 3 is 3.06 bits per heavy atom. The maximum atomic E-state index is 10.5. The van der Waals surface area contributed by atoms with Gasteiger partial charge in [-0.1, -0.05) is 6.07 Å². The summed E-state index contributed by atoms with van der Waals surface area (Å²) in [7, 11) is 0. The van der Waals surface area contributed by atoms with Crippen LogP contribution in [-0.2, 0) is 4.79 Å². The van der Waals surface area contributed by atoms with Gasteiger partial charge < -0.3 is 15.3 Å². The highest BCUT2D eigenvalue weighted by Crippen LogP contribution is 2.29. The number of halogens is 1. The van der Waals surface area contributed by atoms with Crippen molar-refractivity contribution >= 4 is 27.6 Å². The molecule has 0 aromatic heterocycles. The summed E-state index contributed by atoms with van der Waals surface area (Å²) < 4.78 is 1.10. The van der Waals surface area contributed by atoms with Gasteiger partial charge in [0.1, 0.15) is 0 Å². The fourth-order valence-electron chi connectivity index (χ4n) is 2.25. The van der Waals surface area contributed by atoms with Gasteiger partial charge in [-0.05, 0) is 47.0 Å². The molecule has 1 aromatic rings. The van der Waals surface area contributed by atoms with Crippen molar-refractivity contribution in [3.05, 3.63) is 28.2 Å². The number of hydrogen-bond acceptors (Lipinski definition) is 3. The minimum Gasteiger partial charge on any atom is -0.480 e. The van der Waals surface area contributed by atoms with E-state index in [4.69, 9.17) is 5.11 Å². The van der Waals surface area contributed by atoms with E-state index < -0.39 is 5.97 Å². The van der Waals surface area contributed by atoms with Crippen LogP contribution in [0.3, 0.4) is 0 Å². The predicted octanol–water partition coefficient (Wildman–Crippen LogP) is 2.01. The Balaban J connectivity index is 1.97. The molecule has 2 rings (SSSR count). The molecule has 0 spiro atoms. The van der Waals surface area contributed by atoms with Crippen LogP contribution in [-0.4, -0.2) is 36.8 Å². The molecule has 0 radical (unpaired) electrons. The SMILES string of the molecule is Cc1ccc(N2CCC(NCC(=O)O)C2)c(Br)c1. The number of benzene rings is 1. The molecule has 98 valence electrons. The molecule has 1 aliphatic rings. The van der Waals surface area contributed by atoms with Crippen molar-refractivity contribution < 1.29 is 9.90 Å². The third-order valence-corrected chi connectivity index (χ3v) is 3.81. The largest absolute Gasteiger partial charge is 0.480 e. The van der Waals surface area contributed by atoms with Crippen LogP contribution in [0.15, 0.2) is 22.7 Å². The summed E-state index contributed by atoms with van der Waals surface area (Å²) in [4.78, 5) is 12.8. The van der Waals surface area contributed by atoms with Crippen LogP contribution in [0.1, 0.15) is 12.0 Å². The standard InChI is InChI=1S/C13H17BrN2O2/c1-9-2-3-12(11(14)6-9)16-5-4-10(8-16)15-7-13(17)18/h2-3,6,10,15H,4-5,7-8H2,1H3,(H,17,18). The van der Waals surface area contributed by atoms with E-state index in [9.17, 15) is 4.79 Å². The quantitative estimate of drug-likeness (QED) is 0.893. The molecule has 18 heavy (non-hydrogen) atoms. The van der Waals surface area contributed by atoms with E-state index in [1.807, 2.05) is 0 Å². The lowest BCUT2D eigenvalue weighted by molar-refractivity contribution is -0.136. The highest BCUT2D eigenvalue weighted by Gasteiger charge is 2.23. The molecule has 2 N–H and O–H groups in total. The fraction of sp³-hybridized carbons (Fsp3) is 0.462. The second kappa shape index (κ2) is 5.71. The lowest BCUT2D eigenvalue weighted by Gasteiger charge is -2.20. The smallest absolute Gasteiger partial charge is 0.317 e. The average Bonchev–Trinajstić information content (AvgIpc) is 2.75. The summed E-state index contributed by atoms with van der Waals surface area (Å²) in [5.74, 6) is -0.801. The first-order valence-electron chi connectivity index (χ1n) is 6.02. The van der Waals surface area contributed by atoms with E-state index in [0.717, 1.165) is 24.0 Å². The van der Waals surface area contributed by atoms with E-state index in [1.165, 1.54) is 11.3 Å². The Hall–Kier alpha value is -1.07. The second-order valence-electron chi connectivity index (χ2n) is 4.66. The van der Waals surface area contributed by atoms with Gasteiger partial charge in [-0.2, -0.15) is 0 Å². The van der Waals surface area contributed by atoms with Crippen LogP contribution in [0.4, 0.5) is 5.69 Å². The molecule has 1 saturated heterocycles. The summed E-state index contributed by atoms with van der Waals surface area (Å²) >= 11 is 3.58. The van der Waals surface area contributed by atoms with Gasteiger partial charge in [0, 0.05) is 23.6 Å². The van der Waals surface area contributed by atoms with Gasteiger partial charge in [-0.15, -0.1) is 0 Å². The number of aryl methyl sites for hydroxylation is 1. The molecule has 0 saturated carbocycles. The van der Waals surface area contributed by atoms with Crippen LogP contribution in [0.5, 0.6) is 0 Å². The summed E-state index contributed by atoms with van der Waals surface area (Å²) in [5.41, 5.74) is 2.41. The highest BCUT2D eigenvalue weighted by molar-refractivity contribution is 9.10. The Morgan fingerprint density at radius 1 is 1.61 bits per heavy atom. The summed E-state index contributed by atoms with van der Waals surface area (Å²) in [6.07, 6.45) is 0.980. The van der Waals surface area contributed by atoms with Gasteiger partial charge in [0.25, 0.3) is 0 Å². The van der Waals surface area contributed by atoms with Crippen LogP contribution in [0.2, 0.25) is 0 Å². The molecule has 4 nitrogen and oxygen atoms in total. The van der Waals surface area contributed by atoms with Crippen molar-refractivity contribution in [3.8, 4) is 0 Å². The average molecular weight is 313 g/mol. The maximum Gasteiger partial charge on any atom is 0.317 e. The first-order chi connectivity index (χ1) is 8.56. The third-order valence-electron chi connectivity index (χ3n) is 3.17. The number of rotatable bonds is 4. The summed E-state index contributed by atoms with van der Waals surface area (Å²) in [6.45, 7) is 3.91. The van der Waals surface area contributed by atoms with Gasteiger partial charge in [-0.25, -0.2) is 0 Å². The zero-order valence-electron chi connectivity index (χ0n) is 10.3. The lowest BCUT2D eigenvalue weighted by atomic mass is 10.2. The molecular weight excluding hydrogens is 296 g/mol.